The molecule has 1 aromatic carbocycles. The molecular formula is C16H23N3O2. The van der Waals surface area contributed by atoms with E-state index in [-0.39, 0.29) is 5.41 Å². The van der Waals surface area contributed by atoms with Gasteiger partial charge in [-0.3, -0.25) is 0 Å². The van der Waals surface area contributed by atoms with Gasteiger partial charge in [0.25, 0.3) is 0 Å². The lowest BCUT2D eigenvalue weighted by atomic mass is 9.72. The van der Waals surface area contributed by atoms with Crippen molar-refractivity contribution in [3.63, 3.8) is 0 Å². The molecule has 2 heterocycles. The zero-order chi connectivity index (χ0) is 14.9. The molecule has 0 aliphatic carbocycles. The first kappa shape index (κ1) is 14.0. The number of carbonyl (C=O) groups is 1. The summed E-state index contributed by atoms with van der Waals surface area (Å²) in [7, 11) is 0. The average molecular weight is 289 g/mol. The third-order valence-electron chi connectivity index (χ3n) is 5.01. The van der Waals surface area contributed by atoms with Crippen LogP contribution >= 0.6 is 0 Å². The summed E-state index contributed by atoms with van der Waals surface area (Å²) >= 11 is 0. The van der Waals surface area contributed by atoms with Gasteiger partial charge in [-0.1, -0.05) is 0 Å². The van der Waals surface area contributed by atoms with E-state index in [1.807, 2.05) is 12.1 Å². The molecular weight excluding hydrogens is 266 g/mol. The predicted molar refractivity (Wildman–Crippen MR) is 83.6 cm³/mol. The number of nitrogens with zero attached hydrogens (tertiary/aromatic N) is 2. The number of nitrogen functional groups attached to an aromatic ring is 1. The summed E-state index contributed by atoms with van der Waals surface area (Å²) in [6.07, 6.45) is 3.53. The fraction of sp³-hybridized carbons (Fsp3) is 0.562. The van der Waals surface area contributed by atoms with Gasteiger partial charge >= 0.3 is 6.09 Å². The van der Waals surface area contributed by atoms with E-state index in [4.69, 9.17) is 5.73 Å². The summed E-state index contributed by atoms with van der Waals surface area (Å²) in [5, 5.41) is 9.21. The van der Waals surface area contributed by atoms with Gasteiger partial charge in [0.05, 0.1) is 0 Å². The molecule has 0 radical (unpaired) electrons. The quantitative estimate of drug-likeness (QED) is 0.780. The summed E-state index contributed by atoms with van der Waals surface area (Å²) < 4.78 is 0. The number of hydrogen-bond donors (Lipinski definition) is 2. The topological polar surface area (TPSA) is 69.8 Å². The number of carboxylic acid groups (broad SMARTS) is 1. The Balaban J connectivity index is 1.64. The maximum absolute atomic E-state index is 11.2. The molecule has 2 aliphatic rings. The number of likely N-dealkylation sites (tertiary alicyclic amines) is 1. The fourth-order valence-corrected chi connectivity index (χ4v) is 3.70. The molecule has 0 unspecified atom stereocenters. The highest BCUT2D eigenvalue weighted by Crippen LogP contribution is 2.40. The zero-order valence-electron chi connectivity index (χ0n) is 12.3. The molecule has 1 aromatic rings. The van der Waals surface area contributed by atoms with E-state index in [9.17, 15) is 9.90 Å². The largest absolute Gasteiger partial charge is 0.465 e. The number of anilines is 2. The summed E-state index contributed by atoms with van der Waals surface area (Å²) in [4.78, 5) is 15.2. The normalized spacial score (nSPS) is 21.5. The van der Waals surface area contributed by atoms with Crippen LogP contribution < -0.4 is 10.6 Å². The SMILES string of the molecule is Nc1ccc(N2CCC3(CCCN(C(=O)O)C3)CC2)cc1. The molecule has 5 heteroatoms. The number of nitrogens with two attached hydrogens (primary N) is 1. The molecule has 3 rings (SSSR count). The Labute approximate surface area is 125 Å². The van der Waals surface area contributed by atoms with Crippen LogP contribution in [0.15, 0.2) is 24.3 Å². The van der Waals surface area contributed by atoms with Crippen molar-refractivity contribution in [3.05, 3.63) is 24.3 Å². The molecule has 1 amide bonds. The Morgan fingerprint density at radius 3 is 2.38 bits per heavy atom. The van der Waals surface area contributed by atoms with Crippen LogP contribution in [0.25, 0.3) is 0 Å². The van der Waals surface area contributed by atoms with E-state index < -0.39 is 6.09 Å². The second-order valence-electron chi connectivity index (χ2n) is 6.39. The summed E-state index contributed by atoms with van der Waals surface area (Å²) in [5.41, 5.74) is 7.93. The second kappa shape index (κ2) is 5.47. The van der Waals surface area contributed by atoms with Crippen LogP contribution in [-0.2, 0) is 0 Å². The number of rotatable bonds is 1. The number of benzene rings is 1. The predicted octanol–water partition coefficient (Wildman–Crippen LogP) is 2.63. The van der Waals surface area contributed by atoms with Crippen LogP contribution in [0.2, 0.25) is 0 Å². The highest BCUT2D eigenvalue weighted by molar-refractivity contribution is 5.65. The molecule has 114 valence electrons. The van der Waals surface area contributed by atoms with Gasteiger partial charge in [-0.2, -0.15) is 0 Å². The van der Waals surface area contributed by atoms with Crippen molar-refractivity contribution in [1.82, 2.24) is 4.90 Å². The Kier molecular flexibility index (Phi) is 3.66. The van der Waals surface area contributed by atoms with E-state index in [0.29, 0.717) is 13.1 Å². The highest BCUT2D eigenvalue weighted by Gasteiger charge is 2.39. The summed E-state index contributed by atoms with van der Waals surface area (Å²) in [5.74, 6) is 0. The molecule has 0 saturated carbocycles. The maximum atomic E-state index is 11.2. The lowest BCUT2D eigenvalue weighted by Gasteiger charge is -2.47. The number of piperidine rings is 2. The minimum Gasteiger partial charge on any atom is -0.465 e. The Morgan fingerprint density at radius 1 is 1.10 bits per heavy atom. The van der Waals surface area contributed by atoms with E-state index in [1.54, 1.807) is 4.90 Å². The van der Waals surface area contributed by atoms with Crippen molar-refractivity contribution in [2.75, 3.05) is 36.8 Å². The Bertz CT molecular complexity index is 507. The first-order valence-corrected chi connectivity index (χ1v) is 7.66. The van der Waals surface area contributed by atoms with E-state index in [0.717, 1.165) is 44.5 Å². The van der Waals surface area contributed by atoms with Crippen molar-refractivity contribution < 1.29 is 9.90 Å². The monoisotopic (exact) mass is 289 g/mol. The average Bonchev–Trinajstić information content (AvgIpc) is 2.49. The summed E-state index contributed by atoms with van der Waals surface area (Å²) in [6.45, 7) is 3.39. The highest BCUT2D eigenvalue weighted by atomic mass is 16.4. The van der Waals surface area contributed by atoms with E-state index in [2.05, 4.69) is 17.0 Å². The maximum Gasteiger partial charge on any atom is 0.407 e. The van der Waals surface area contributed by atoms with Crippen LogP contribution in [0.5, 0.6) is 0 Å². The van der Waals surface area contributed by atoms with Gasteiger partial charge in [-0.25, -0.2) is 4.79 Å². The van der Waals surface area contributed by atoms with Gasteiger partial charge in [-0.15, -0.1) is 0 Å². The Hall–Kier alpha value is -1.91. The fourth-order valence-electron chi connectivity index (χ4n) is 3.70. The van der Waals surface area contributed by atoms with Crippen molar-refractivity contribution in [2.24, 2.45) is 5.41 Å². The molecule has 3 N–H and O–H groups in total. The van der Waals surface area contributed by atoms with Crippen molar-refractivity contribution >= 4 is 17.5 Å². The zero-order valence-corrected chi connectivity index (χ0v) is 12.3. The molecule has 0 bridgehead atoms. The lowest BCUT2D eigenvalue weighted by Crippen LogP contribution is -2.50. The lowest BCUT2D eigenvalue weighted by molar-refractivity contribution is 0.0614. The smallest absolute Gasteiger partial charge is 0.407 e. The molecule has 0 atom stereocenters. The molecule has 2 saturated heterocycles. The van der Waals surface area contributed by atoms with Gasteiger partial charge in [0.2, 0.25) is 0 Å². The Morgan fingerprint density at radius 2 is 1.76 bits per heavy atom. The minimum absolute atomic E-state index is 0.195. The molecule has 0 aromatic heterocycles. The summed E-state index contributed by atoms with van der Waals surface area (Å²) in [6, 6.07) is 8.01. The first-order valence-electron chi connectivity index (χ1n) is 7.66. The van der Waals surface area contributed by atoms with Crippen LogP contribution in [0, 0.1) is 5.41 Å². The first-order chi connectivity index (χ1) is 10.1. The number of hydrogen-bond acceptors (Lipinski definition) is 3. The van der Waals surface area contributed by atoms with Gasteiger partial charge in [-0.05, 0) is 55.4 Å². The third kappa shape index (κ3) is 2.91. The molecule has 1 spiro atoms. The third-order valence-corrected chi connectivity index (χ3v) is 5.01. The van der Waals surface area contributed by atoms with Gasteiger partial charge in [0, 0.05) is 37.6 Å². The van der Waals surface area contributed by atoms with Gasteiger partial charge < -0.3 is 20.6 Å². The number of amides is 1. The van der Waals surface area contributed by atoms with Crippen LogP contribution in [0.4, 0.5) is 16.2 Å². The second-order valence-corrected chi connectivity index (χ2v) is 6.39. The standard InChI is InChI=1S/C16H23N3O2/c17-13-2-4-14(5-3-13)18-10-7-16(8-11-18)6-1-9-19(12-16)15(20)21/h2-5H,1,6-12,17H2,(H,20,21). The molecule has 5 nitrogen and oxygen atoms in total. The van der Waals surface area contributed by atoms with Crippen LogP contribution in [0.3, 0.4) is 0 Å². The molecule has 2 aliphatic heterocycles. The van der Waals surface area contributed by atoms with Crippen LogP contribution in [0.1, 0.15) is 25.7 Å². The van der Waals surface area contributed by atoms with Gasteiger partial charge in [0.1, 0.15) is 0 Å². The van der Waals surface area contributed by atoms with E-state index in [1.165, 1.54) is 5.69 Å². The molecule has 21 heavy (non-hydrogen) atoms. The molecule has 2 fully saturated rings. The van der Waals surface area contributed by atoms with Crippen molar-refractivity contribution in [3.8, 4) is 0 Å². The van der Waals surface area contributed by atoms with Crippen molar-refractivity contribution in [2.45, 2.75) is 25.7 Å². The van der Waals surface area contributed by atoms with Crippen LogP contribution in [-0.4, -0.2) is 42.3 Å². The van der Waals surface area contributed by atoms with Gasteiger partial charge in [0.15, 0.2) is 0 Å². The minimum atomic E-state index is -0.768. The van der Waals surface area contributed by atoms with E-state index >= 15 is 0 Å². The van der Waals surface area contributed by atoms with Crippen molar-refractivity contribution in [1.29, 1.82) is 0 Å².